The van der Waals surface area contributed by atoms with Crippen molar-refractivity contribution in [1.82, 2.24) is 10.2 Å². The van der Waals surface area contributed by atoms with Crippen molar-refractivity contribution in [2.24, 2.45) is 5.92 Å². The molecule has 104 valence electrons. The number of hydrogen-bond donors (Lipinski definition) is 1. The van der Waals surface area contributed by atoms with Crippen molar-refractivity contribution in [2.75, 3.05) is 26.2 Å². The minimum absolute atomic E-state index is 0.0217. The van der Waals surface area contributed by atoms with Crippen LogP contribution in [-0.2, 0) is 4.74 Å². The molecule has 0 saturated carbocycles. The van der Waals surface area contributed by atoms with E-state index in [1.165, 1.54) is 0 Å². The molecule has 2 saturated heterocycles. The molecule has 0 aromatic heterocycles. The molecule has 2 atom stereocenters. The lowest BCUT2D eigenvalue weighted by Gasteiger charge is -2.54. The summed E-state index contributed by atoms with van der Waals surface area (Å²) in [6.45, 7) is 5.37. The number of carbonyl (C=O) groups is 1. The number of rotatable bonds is 2. The van der Waals surface area contributed by atoms with E-state index in [4.69, 9.17) is 4.74 Å². The van der Waals surface area contributed by atoms with Crippen LogP contribution in [-0.4, -0.2) is 42.8 Å². The van der Waals surface area contributed by atoms with Gasteiger partial charge < -0.3 is 15.0 Å². The molecule has 0 unspecified atom stereocenters. The van der Waals surface area contributed by atoms with Gasteiger partial charge >= 0.3 is 6.09 Å². The van der Waals surface area contributed by atoms with Gasteiger partial charge in [-0.15, -0.1) is 0 Å². The van der Waals surface area contributed by atoms with Crippen LogP contribution in [0.3, 0.4) is 0 Å². The maximum absolute atomic E-state index is 12.2. The molecule has 2 heterocycles. The van der Waals surface area contributed by atoms with Crippen LogP contribution in [0.2, 0.25) is 0 Å². The van der Waals surface area contributed by atoms with Crippen molar-refractivity contribution in [1.29, 1.82) is 0 Å². The quantitative estimate of drug-likeness (QED) is 0.828. The second kappa shape index (κ2) is 5.00. The van der Waals surface area contributed by atoms with E-state index in [-0.39, 0.29) is 11.6 Å². The van der Waals surface area contributed by atoms with Crippen LogP contribution >= 0.6 is 0 Å². The zero-order valence-corrected chi connectivity index (χ0v) is 11.5. The lowest BCUT2D eigenvalue weighted by molar-refractivity contribution is -0.0477. The monoisotopic (exact) mass is 262 g/mol. The van der Waals surface area contributed by atoms with E-state index in [0.717, 1.165) is 44.5 Å². The molecule has 4 heteroatoms. The highest BCUT2D eigenvalue weighted by Crippen LogP contribution is 2.41. The fourth-order valence-corrected chi connectivity index (χ4v) is 3.38. The summed E-state index contributed by atoms with van der Waals surface area (Å²) in [6.07, 6.45) is 9.39. The molecule has 4 nitrogen and oxygen atoms in total. The number of nitrogens with zero attached hydrogens (tertiary/aromatic N) is 1. The Bertz CT molecular complexity index is 422. The van der Waals surface area contributed by atoms with Gasteiger partial charge in [0.2, 0.25) is 0 Å². The molecule has 19 heavy (non-hydrogen) atoms. The molecule has 0 bridgehead atoms. The highest BCUT2D eigenvalue weighted by molar-refractivity contribution is 5.70. The Morgan fingerprint density at radius 3 is 3.11 bits per heavy atom. The number of carbonyl (C=O) groups excluding carboxylic acids is 1. The molecule has 2 aliphatic heterocycles. The average Bonchev–Trinajstić information content (AvgIpc) is 2.96. The molecule has 1 aliphatic carbocycles. The molecule has 3 rings (SSSR count). The van der Waals surface area contributed by atoms with Gasteiger partial charge in [-0.2, -0.15) is 0 Å². The van der Waals surface area contributed by atoms with Crippen LogP contribution < -0.4 is 5.32 Å². The smallest absolute Gasteiger partial charge is 0.410 e. The average molecular weight is 262 g/mol. The molecular formula is C15H22N2O2. The molecular weight excluding hydrogens is 240 g/mol. The zero-order valence-electron chi connectivity index (χ0n) is 11.5. The number of ether oxygens (including phenoxy) is 1. The Labute approximate surface area is 114 Å². The van der Waals surface area contributed by atoms with Gasteiger partial charge in [0.25, 0.3) is 0 Å². The molecule has 1 spiro atoms. The number of amides is 1. The van der Waals surface area contributed by atoms with E-state index in [1.807, 2.05) is 4.90 Å². The van der Waals surface area contributed by atoms with Crippen LogP contribution in [0.4, 0.5) is 4.79 Å². The second-order valence-corrected chi connectivity index (χ2v) is 5.86. The fraction of sp³-hybridized carbons (Fsp3) is 0.667. The molecule has 0 aromatic carbocycles. The van der Waals surface area contributed by atoms with Gasteiger partial charge in [0, 0.05) is 13.1 Å². The lowest BCUT2D eigenvalue weighted by atomic mass is 9.74. The molecule has 0 radical (unpaired) electrons. The number of allylic oxidation sites excluding steroid dienone is 2. The zero-order chi connectivity index (χ0) is 13.3. The lowest BCUT2D eigenvalue weighted by Crippen LogP contribution is -2.69. The summed E-state index contributed by atoms with van der Waals surface area (Å²) in [5.41, 5.74) is 1.14. The first-order valence-corrected chi connectivity index (χ1v) is 7.23. The van der Waals surface area contributed by atoms with Gasteiger partial charge in [0.05, 0.1) is 5.54 Å². The fourth-order valence-electron chi connectivity index (χ4n) is 3.38. The second-order valence-electron chi connectivity index (χ2n) is 5.86. The van der Waals surface area contributed by atoms with Crippen molar-refractivity contribution >= 4 is 6.09 Å². The maximum atomic E-state index is 12.2. The highest BCUT2D eigenvalue weighted by Gasteiger charge is 2.55. The van der Waals surface area contributed by atoms with Gasteiger partial charge in [0.1, 0.15) is 6.61 Å². The summed E-state index contributed by atoms with van der Waals surface area (Å²) >= 11 is 0. The van der Waals surface area contributed by atoms with E-state index >= 15 is 0 Å². The number of hydrogen-bond acceptors (Lipinski definition) is 3. The van der Waals surface area contributed by atoms with E-state index in [1.54, 1.807) is 0 Å². The summed E-state index contributed by atoms with van der Waals surface area (Å²) < 4.78 is 5.46. The third-order valence-corrected chi connectivity index (χ3v) is 4.73. The van der Waals surface area contributed by atoms with Crippen LogP contribution in [0.15, 0.2) is 23.8 Å². The summed E-state index contributed by atoms with van der Waals surface area (Å²) in [6, 6.07) is 0. The van der Waals surface area contributed by atoms with Crippen molar-refractivity contribution in [3.63, 3.8) is 0 Å². The van der Waals surface area contributed by atoms with Gasteiger partial charge in [-0.05, 0) is 37.3 Å². The Balaban J connectivity index is 1.56. The number of likely N-dealkylation sites (tertiary alicyclic amines) is 1. The third kappa shape index (κ3) is 2.18. The van der Waals surface area contributed by atoms with Crippen LogP contribution in [0.5, 0.6) is 0 Å². The molecule has 1 N–H and O–H groups in total. The molecule has 0 aromatic rings. The van der Waals surface area contributed by atoms with Gasteiger partial charge in [-0.25, -0.2) is 4.79 Å². The SMILES string of the molecule is C[C@H]1CN(C(=O)OCC2=CCCC=C2)[C@]12CCNC2. The topological polar surface area (TPSA) is 41.6 Å². The summed E-state index contributed by atoms with van der Waals surface area (Å²) in [5.74, 6) is 0.573. The van der Waals surface area contributed by atoms with E-state index < -0.39 is 0 Å². The Kier molecular flexibility index (Phi) is 3.35. The predicted molar refractivity (Wildman–Crippen MR) is 73.9 cm³/mol. The van der Waals surface area contributed by atoms with E-state index in [9.17, 15) is 4.79 Å². The minimum Gasteiger partial charge on any atom is -0.445 e. The minimum atomic E-state index is -0.151. The van der Waals surface area contributed by atoms with Crippen molar-refractivity contribution in [2.45, 2.75) is 31.7 Å². The van der Waals surface area contributed by atoms with Crippen LogP contribution in [0.25, 0.3) is 0 Å². The van der Waals surface area contributed by atoms with Gasteiger partial charge in [-0.1, -0.05) is 25.2 Å². The van der Waals surface area contributed by atoms with Crippen molar-refractivity contribution in [3.8, 4) is 0 Å². The molecule has 2 fully saturated rings. The van der Waals surface area contributed by atoms with Crippen molar-refractivity contribution in [3.05, 3.63) is 23.8 Å². The summed E-state index contributed by atoms with van der Waals surface area (Å²) in [5, 5.41) is 3.36. The molecule has 3 aliphatic rings. The Morgan fingerprint density at radius 2 is 2.47 bits per heavy atom. The van der Waals surface area contributed by atoms with Crippen LogP contribution in [0, 0.1) is 5.92 Å². The normalized spacial score (nSPS) is 33.2. The van der Waals surface area contributed by atoms with Crippen molar-refractivity contribution < 1.29 is 9.53 Å². The Hall–Kier alpha value is -1.29. The first-order valence-electron chi connectivity index (χ1n) is 7.23. The van der Waals surface area contributed by atoms with E-state index in [0.29, 0.717) is 12.5 Å². The first-order chi connectivity index (χ1) is 9.22. The largest absolute Gasteiger partial charge is 0.445 e. The maximum Gasteiger partial charge on any atom is 0.410 e. The van der Waals surface area contributed by atoms with Crippen LogP contribution in [0.1, 0.15) is 26.2 Å². The van der Waals surface area contributed by atoms with Gasteiger partial charge in [0.15, 0.2) is 0 Å². The predicted octanol–water partition coefficient (Wildman–Crippen LogP) is 2.08. The van der Waals surface area contributed by atoms with Gasteiger partial charge in [-0.3, -0.25) is 0 Å². The first kappa shape index (κ1) is 12.7. The Morgan fingerprint density at radius 1 is 1.58 bits per heavy atom. The highest BCUT2D eigenvalue weighted by atomic mass is 16.6. The standard InChI is InChI=1S/C15H22N2O2/c1-12-9-17(15(12)7-8-16-11-15)14(18)19-10-13-5-3-2-4-6-13/h3,5-6,12,16H,2,4,7-11H2,1H3/t12-,15-/m0/s1. The number of nitrogens with one attached hydrogen (secondary N) is 1. The van der Waals surface area contributed by atoms with E-state index in [2.05, 4.69) is 30.5 Å². The summed E-state index contributed by atoms with van der Waals surface area (Å²) in [4.78, 5) is 14.1. The third-order valence-electron chi connectivity index (χ3n) is 4.73. The summed E-state index contributed by atoms with van der Waals surface area (Å²) in [7, 11) is 0. The molecule has 1 amide bonds.